The zero-order chi connectivity index (χ0) is 15.1. The maximum absolute atomic E-state index is 11.9. The van der Waals surface area contributed by atoms with Gasteiger partial charge in [0.25, 0.3) is 0 Å². The van der Waals surface area contributed by atoms with Crippen molar-refractivity contribution >= 4 is 23.2 Å². The number of aromatic nitrogens is 3. The summed E-state index contributed by atoms with van der Waals surface area (Å²) < 4.78 is 1.60. The van der Waals surface area contributed by atoms with Gasteiger partial charge in [0.1, 0.15) is 12.7 Å². The van der Waals surface area contributed by atoms with Gasteiger partial charge in [0.2, 0.25) is 5.91 Å². The Bertz CT molecular complexity index is 672. The first-order valence-electron chi connectivity index (χ1n) is 6.30. The molecule has 108 valence electrons. The van der Waals surface area contributed by atoms with E-state index in [-0.39, 0.29) is 12.5 Å². The predicted molar refractivity (Wildman–Crippen MR) is 80.7 cm³/mol. The van der Waals surface area contributed by atoms with Crippen LogP contribution >= 0.6 is 11.6 Å². The molecule has 1 amide bonds. The highest BCUT2D eigenvalue weighted by Gasteiger charge is 2.05. The average molecular weight is 304 g/mol. The monoisotopic (exact) mass is 303 g/mol. The summed E-state index contributed by atoms with van der Waals surface area (Å²) in [4.78, 5) is 15.7. The summed E-state index contributed by atoms with van der Waals surface area (Å²) in [5.74, 6) is 5.47. The van der Waals surface area contributed by atoms with Crippen LogP contribution in [0.2, 0.25) is 5.02 Å². The third-order valence-electron chi connectivity index (χ3n) is 2.61. The van der Waals surface area contributed by atoms with Crippen LogP contribution in [0.1, 0.15) is 12.0 Å². The van der Waals surface area contributed by atoms with Gasteiger partial charge in [-0.1, -0.05) is 23.4 Å². The Kier molecular flexibility index (Phi) is 5.32. The maximum atomic E-state index is 11.9. The molecule has 0 fully saturated rings. The number of nitrogens with zero attached hydrogens (tertiary/aromatic N) is 3. The number of nitrogens with one attached hydrogen (secondary N) is 1. The number of carbonyl (C=O) groups is 1. The summed E-state index contributed by atoms with van der Waals surface area (Å²) in [5.41, 5.74) is 6.61. The Balaban J connectivity index is 1.97. The van der Waals surface area contributed by atoms with Crippen LogP contribution in [0.5, 0.6) is 0 Å². The molecule has 2 aromatic rings. The highest BCUT2D eigenvalue weighted by Crippen LogP contribution is 2.19. The van der Waals surface area contributed by atoms with E-state index in [2.05, 4.69) is 27.2 Å². The molecule has 1 heterocycles. The van der Waals surface area contributed by atoms with Crippen LogP contribution in [0.4, 0.5) is 5.69 Å². The molecule has 7 heteroatoms. The number of hydrogen-bond donors (Lipinski definition) is 2. The zero-order valence-electron chi connectivity index (χ0n) is 11.2. The maximum Gasteiger partial charge on any atom is 0.226 e. The van der Waals surface area contributed by atoms with Crippen molar-refractivity contribution in [2.24, 2.45) is 5.73 Å². The van der Waals surface area contributed by atoms with Gasteiger partial charge in [-0.15, -0.1) is 0 Å². The Morgan fingerprint density at radius 2 is 2.33 bits per heavy atom. The minimum atomic E-state index is -0.120. The van der Waals surface area contributed by atoms with E-state index in [1.807, 2.05) is 0 Å². The smallest absolute Gasteiger partial charge is 0.226 e. The van der Waals surface area contributed by atoms with E-state index in [1.54, 1.807) is 29.2 Å². The number of aryl methyl sites for hydroxylation is 1. The van der Waals surface area contributed by atoms with Crippen molar-refractivity contribution < 1.29 is 4.79 Å². The fourth-order valence-electron chi connectivity index (χ4n) is 1.63. The molecule has 1 aromatic carbocycles. The first-order chi connectivity index (χ1) is 10.2. The van der Waals surface area contributed by atoms with Gasteiger partial charge < -0.3 is 11.1 Å². The molecule has 0 aliphatic heterocycles. The van der Waals surface area contributed by atoms with Gasteiger partial charge >= 0.3 is 0 Å². The fourth-order valence-corrected chi connectivity index (χ4v) is 1.80. The summed E-state index contributed by atoms with van der Waals surface area (Å²) in [6, 6.07) is 5.14. The predicted octanol–water partition coefficient (Wildman–Crippen LogP) is 1.27. The van der Waals surface area contributed by atoms with E-state index in [0.29, 0.717) is 29.2 Å². The first-order valence-corrected chi connectivity index (χ1v) is 6.67. The highest BCUT2D eigenvalue weighted by molar-refractivity contribution is 6.31. The quantitative estimate of drug-likeness (QED) is 0.833. The van der Waals surface area contributed by atoms with Gasteiger partial charge in [0.15, 0.2) is 0 Å². The van der Waals surface area contributed by atoms with Crippen molar-refractivity contribution in [3.05, 3.63) is 41.4 Å². The Morgan fingerprint density at radius 1 is 1.48 bits per heavy atom. The lowest BCUT2D eigenvalue weighted by atomic mass is 10.2. The van der Waals surface area contributed by atoms with Crippen molar-refractivity contribution in [3.8, 4) is 11.8 Å². The summed E-state index contributed by atoms with van der Waals surface area (Å²) in [5, 5.41) is 7.25. The van der Waals surface area contributed by atoms with E-state index >= 15 is 0 Å². The number of carbonyl (C=O) groups excluding carboxylic acids is 1. The molecule has 0 spiro atoms. The second-order valence-electron chi connectivity index (χ2n) is 4.16. The van der Waals surface area contributed by atoms with Crippen LogP contribution in [0.25, 0.3) is 0 Å². The third-order valence-corrected chi connectivity index (χ3v) is 2.94. The first kappa shape index (κ1) is 15.0. The number of benzene rings is 1. The molecule has 21 heavy (non-hydrogen) atoms. The molecular weight excluding hydrogens is 290 g/mol. The molecule has 0 aliphatic rings. The number of amides is 1. The van der Waals surface area contributed by atoms with E-state index in [4.69, 9.17) is 17.3 Å². The average Bonchev–Trinajstić information content (AvgIpc) is 2.99. The van der Waals surface area contributed by atoms with Crippen LogP contribution in [0.15, 0.2) is 30.9 Å². The second-order valence-corrected chi connectivity index (χ2v) is 4.56. The largest absolute Gasteiger partial charge is 0.326 e. The van der Waals surface area contributed by atoms with Crippen LogP contribution < -0.4 is 11.1 Å². The molecule has 0 unspecified atom stereocenters. The SMILES string of the molecule is NCC#Cc1cc(NC(=O)CCn2cncn2)ccc1Cl. The molecular formula is C14H14ClN5O. The van der Waals surface area contributed by atoms with Gasteiger partial charge in [-0.25, -0.2) is 4.98 Å². The standard InChI is InChI=1S/C14H14ClN5O/c15-13-4-3-12(8-11(13)2-1-6-16)19-14(21)5-7-20-10-17-9-18-20/h3-4,8-10H,5-7,16H2,(H,19,21). The molecule has 0 aliphatic carbocycles. The van der Waals surface area contributed by atoms with Crippen LogP contribution in [-0.2, 0) is 11.3 Å². The summed E-state index contributed by atoms with van der Waals surface area (Å²) >= 11 is 6.02. The Morgan fingerprint density at radius 3 is 3.05 bits per heavy atom. The third kappa shape index (κ3) is 4.60. The van der Waals surface area contributed by atoms with Crippen molar-refractivity contribution in [1.29, 1.82) is 0 Å². The lowest BCUT2D eigenvalue weighted by Crippen LogP contribution is -2.14. The topological polar surface area (TPSA) is 85.8 Å². The van der Waals surface area contributed by atoms with Crippen molar-refractivity contribution in [2.75, 3.05) is 11.9 Å². The Labute approximate surface area is 127 Å². The summed E-state index contributed by atoms with van der Waals surface area (Å²) in [7, 11) is 0. The van der Waals surface area contributed by atoms with E-state index < -0.39 is 0 Å². The molecule has 3 N–H and O–H groups in total. The number of nitrogens with two attached hydrogens (primary N) is 1. The number of halogens is 1. The molecule has 0 atom stereocenters. The van der Waals surface area contributed by atoms with Crippen molar-refractivity contribution in [2.45, 2.75) is 13.0 Å². The van der Waals surface area contributed by atoms with Crippen molar-refractivity contribution in [3.63, 3.8) is 0 Å². The van der Waals surface area contributed by atoms with Gasteiger partial charge in [0.05, 0.1) is 18.1 Å². The summed E-state index contributed by atoms with van der Waals surface area (Å²) in [6.45, 7) is 0.726. The van der Waals surface area contributed by atoms with E-state index in [0.717, 1.165) is 0 Å². The highest BCUT2D eigenvalue weighted by atomic mass is 35.5. The number of hydrogen-bond acceptors (Lipinski definition) is 4. The molecule has 2 rings (SSSR count). The minimum Gasteiger partial charge on any atom is -0.326 e. The molecule has 6 nitrogen and oxygen atoms in total. The molecule has 1 aromatic heterocycles. The van der Waals surface area contributed by atoms with E-state index in [9.17, 15) is 4.79 Å². The molecule has 0 radical (unpaired) electrons. The lowest BCUT2D eigenvalue weighted by Gasteiger charge is -2.06. The minimum absolute atomic E-state index is 0.120. The van der Waals surface area contributed by atoms with Gasteiger partial charge in [0, 0.05) is 17.7 Å². The second kappa shape index (κ2) is 7.43. The lowest BCUT2D eigenvalue weighted by molar-refractivity contribution is -0.116. The normalized spacial score (nSPS) is 9.81. The van der Waals surface area contributed by atoms with Gasteiger partial charge in [-0.2, -0.15) is 5.10 Å². The van der Waals surface area contributed by atoms with Crippen LogP contribution in [0.3, 0.4) is 0 Å². The summed E-state index contributed by atoms with van der Waals surface area (Å²) in [6.07, 6.45) is 3.30. The molecule has 0 saturated carbocycles. The number of anilines is 1. The van der Waals surface area contributed by atoms with Gasteiger partial charge in [-0.05, 0) is 18.2 Å². The van der Waals surface area contributed by atoms with Crippen LogP contribution in [0, 0.1) is 11.8 Å². The van der Waals surface area contributed by atoms with Crippen LogP contribution in [-0.4, -0.2) is 27.2 Å². The van der Waals surface area contributed by atoms with E-state index in [1.165, 1.54) is 6.33 Å². The number of rotatable bonds is 4. The molecule has 0 saturated heterocycles. The molecule has 0 bridgehead atoms. The Hall–Kier alpha value is -2.36. The van der Waals surface area contributed by atoms with Gasteiger partial charge in [-0.3, -0.25) is 9.48 Å². The zero-order valence-corrected chi connectivity index (χ0v) is 12.0. The fraction of sp³-hybridized carbons (Fsp3) is 0.214. The van der Waals surface area contributed by atoms with Crippen molar-refractivity contribution in [1.82, 2.24) is 14.8 Å².